The van der Waals surface area contributed by atoms with Crippen LogP contribution in [0.15, 0.2) is 29.3 Å². The number of isocyanates is 1. The van der Waals surface area contributed by atoms with Crippen LogP contribution < -0.4 is 0 Å². The van der Waals surface area contributed by atoms with Crippen molar-refractivity contribution in [2.24, 2.45) is 4.99 Å². The third kappa shape index (κ3) is 2.53. The summed E-state index contributed by atoms with van der Waals surface area (Å²) in [4.78, 5) is 13.5. The normalized spacial score (nSPS) is 9.77. The Hall–Kier alpha value is -1.40. The van der Waals surface area contributed by atoms with Crippen molar-refractivity contribution in [2.45, 2.75) is 26.3 Å². The molecule has 0 spiro atoms. The van der Waals surface area contributed by atoms with Gasteiger partial charge in [0, 0.05) is 0 Å². The van der Waals surface area contributed by atoms with Crippen LogP contribution in [-0.4, -0.2) is 6.08 Å². The molecule has 1 aromatic carbocycles. The fraction of sp³-hybridized carbons (Fsp3) is 0.364. The van der Waals surface area contributed by atoms with Crippen LogP contribution in [0.25, 0.3) is 0 Å². The summed E-state index contributed by atoms with van der Waals surface area (Å²) in [5, 5.41) is 0. The van der Waals surface area contributed by atoms with Crippen LogP contribution in [-0.2, 0) is 11.3 Å². The van der Waals surface area contributed by atoms with Crippen molar-refractivity contribution < 1.29 is 4.79 Å². The Bertz CT molecular complexity index is 325. The van der Waals surface area contributed by atoms with E-state index in [0.29, 0.717) is 12.5 Å². The Kier molecular flexibility index (Phi) is 3.41. The number of hydrogen-bond acceptors (Lipinski definition) is 2. The number of benzene rings is 1. The molecule has 0 saturated carbocycles. The maximum Gasteiger partial charge on any atom is 0.235 e. The maximum absolute atomic E-state index is 9.97. The Labute approximate surface area is 78.3 Å². The summed E-state index contributed by atoms with van der Waals surface area (Å²) in [5.74, 6) is 0.470. The van der Waals surface area contributed by atoms with Gasteiger partial charge in [-0.1, -0.05) is 38.1 Å². The second-order valence-corrected chi connectivity index (χ2v) is 3.26. The third-order valence-corrected chi connectivity index (χ3v) is 1.99. The van der Waals surface area contributed by atoms with Crippen LogP contribution >= 0.6 is 0 Å². The number of carbonyl (C=O) groups excluding carboxylic acids is 1. The van der Waals surface area contributed by atoms with E-state index in [1.807, 2.05) is 18.2 Å². The Morgan fingerprint density at radius 1 is 1.38 bits per heavy atom. The Morgan fingerprint density at radius 3 is 2.69 bits per heavy atom. The molecule has 0 N–H and O–H groups in total. The van der Waals surface area contributed by atoms with Crippen molar-refractivity contribution >= 4 is 6.08 Å². The van der Waals surface area contributed by atoms with E-state index in [2.05, 4.69) is 24.9 Å². The predicted octanol–water partition coefficient (Wildman–Crippen LogP) is 2.65. The highest BCUT2D eigenvalue weighted by molar-refractivity contribution is 5.35. The highest BCUT2D eigenvalue weighted by Gasteiger charge is 2.03. The van der Waals surface area contributed by atoms with E-state index in [-0.39, 0.29) is 0 Å². The van der Waals surface area contributed by atoms with Gasteiger partial charge in [0.2, 0.25) is 6.08 Å². The second kappa shape index (κ2) is 4.58. The van der Waals surface area contributed by atoms with Gasteiger partial charge >= 0.3 is 0 Å². The van der Waals surface area contributed by atoms with Crippen molar-refractivity contribution in [3.05, 3.63) is 35.4 Å². The van der Waals surface area contributed by atoms with Crippen LogP contribution in [0.3, 0.4) is 0 Å². The molecule has 0 saturated heterocycles. The molecule has 0 aliphatic carbocycles. The van der Waals surface area contributed by atoms with Gasteiger partial charge in [-0.25, -0.2) is 9.79 Å². The van der Waals surface area contributed by atoms with Crippen molar-refractivity contribution in [3.8, 4) is 0 Å². The second-order valence-electron chi connectivity index (χ2n) is 3.26. The molecule has 2 nitrogen and oxygen atoms in total. The Morgan fingerprint density at radius 2 is 2.08 bits per heavy atom. The van der Waals surface area contributed by atoms with Crippen LogP contribution in [0.5, 0.6) is 0 Å². The van der Waals surface area contributed by atoms with E-state index < -0.39 is 0 Å². The van der Waals surface area contributed by atoms with Crippen LogP contribution in [0.2, 0.25) is 0 Å². The largest absolute Gasteiger partial charge is 0.235 e. The first-order valence-corrected chi connectivity index (χ1v) is 4.37. The summed E-state index contributed by atoms with van der Waals surface area (Å²) in [6.45, 7) is 4.70. The fourth-order valence-corrected chi connectivity index (χ4v) is 1.36. The van der Waals surface area contributed by atoms with Crippen molar-refractivity contribution in [2.75, 3.05) is 0 Å². The summed E-state index contributed by atoms with van der Waals surface area (Å²) in [5.41, 5.74) is 2.36. The number of rotatable bonds is 3. The van der Waals surface area contributed by atoms with Gasteiger partial charge in [0.05, 0.1) is 6.54 Å². The molecule has 0 radical (unpaired) electrons. The molecule has 13 heavy (non-hydrogen) atoms. The summed E-state index contributed by atoms with van der Waals surface area (Å²) >= 11 is 0. The SMILES string of the molecule is CC(C)c1ccccc1CN=C=O. The summed E-state index contributed by atoms with van der Waals surface area (Å²) in [7, 11) is 0. The maximum atomic E-state index is 9.97. The first-order valence-electron chi connectivity index (χ1n) is 4.37. The molecule has 1 rings (SSSR count). The lowest BCUT2D eigenvalue weighted by Gasteiger charge is -2.09. The molecule has 0 fully saturated rings. The quantitative estimate of drug-likeness (QED) is 0.513. The average molecular weight is 175 g/mol. The number of hydrogen-bond donors (Lipinski definition) is 0. The van der Waals surface area contributed by atoms with Gasteiger partial charge in [0.25, 0.3) is 0 Å². The zero-order valence-electron chi connectivity index (χ0n) is 7.95. The van der Waals surface area contributed by atoms with Crippen LogP contribution in [0.4, 0.5) is 0 Å². The van der Waals surface area contributed by atoms with E-state index in [4.69, 9.17) is 0 Å². The molecule has 0 aromatic heterocycles. The lowest BCUT2D eigenvalue weighted by Crippen LogP contribution is -1.94. The molecule has 1 aromatic rings. The van der Waals surface area contributed by atoms with Gasteiger partial charge in [-0.15, -0.1) is 0 Å². The lowest BCUT2D eigenvalue weighted by molar-refractivity contribution is 0.562. The van der Waals surface area contributed by atoms with Crippen molar-refractivity contribution in [3.63, 3.8) is 0 Å². The predicted molar refractivity (Wildman–Crippen MR) is 52.4 cm³/mol. The molecule has 0 aliphatic heterocycles. The molecule has 0 aliphatic rings. The minimum absolute atomic E-state index is 0.442. The highest BCUT2D eigenvalue weighted by Crippen LogP contribution is 2.19. The van der Waals surface area contributed by atoms with E-state index >= 15 is 0 Å². The summed E-state index contributed by atoms with van der Waals surface area (Å²) in [6.07, 6.45) is 1.56. The monoisotopic (exact) mass is 175 g/mol. The molecule has 2 heteroatoms. The van der Waals surface area contributed by atoms with Gasteiger partial charge in [0.1, 0.15) is 0 Å². The smallest absolute Gasteiger partial charge is 0.211 e. The van der Waals surface area contributed by atoms with E-state index in [9.17, 15) is 4.79 Å². The lowest BCUT2D eigenvalue weighted by atomic mass is 9.97. The molecule has 0 amide bonds. The van der Waals surface area contributed by atoms with Crippen molar-refractivity contribution in [1.82, 2.24) is 0 Å². The van der Waals surface area contributed by atoms with Gasteiger partial charge in [-0.05, 0) is 17.0 Å². The number of aliphatic imine (C=N–C) groups is 1. The zero-order chi connectivity index (χ0) is 9.68. The third-order valence-electron chi connectivity index (χ3n) is 1.99. The first kappa shape index (κ1) is 9.69. The van der Waals surface area contributed by atoms with E-state index in [1.165, 1.54) is 5.56 Å². The zero-order valence-corrected chi connectivity index (χ0v) is 7.95. The molecule has 0 bridgehead atoms. The Balaban J connectivity index is 2.97. The first-order chi connectivity index (χ1) is 6.25. The standard InChI is InChI=1S/C11H13NO/c1-9(2)11-6-4-3-5-10(11)7-12-8-13/h3-6,9H,7H2,1-2H3. The van der Waals surface area contributed by atoms with Crippen LogP contribution in [0, 0.1) is 0 Å². The van der Waals surface area contributed by atoms with Gasteiger partial charge in [-0.2, -0.15) is 0 Å². The molecule has 68 valence electrons. The topological polar surface area (TPSA) is 29.4 Å². The summed E-state index contributed by atoms with van der Waals surface area (Å²) < 4.78 is 0. The number of nitrogens with zero attached hydrogens (tertiary/aromatic N) is 1. The fourth-order valence-electron chi connectivity index (χ4n) is 1.36. The molecular formula is C11H13NO. The van der Waals surface area contributed by atoms with Crippen molar-refractivity contribution in [1.29, 1.82) is 0 Å². The molecule has 0 unspecified atom stereocenters. The van der Waals surface area contributed by atoms with Gasteiger partial charge in [0.15, 0.2) is 0 Å². The minimum atomic E-state index is 0.442. The van der Waals surface area contributed by atoms with Gasteiger partial charge < -0.3 is 0 Å². The van der Waals surface area contributed by atoms with E-state index in [0.717, 1.165) is 5.56 Å². The van der Waals surface area contributed by atoms with Gasteiger partial charge in [-0.3, -0.25) is 0 Å². The average Bonchev–Trinajstić information content (AvgIpc) is 2.15. The van der Waals surface area contributed by atoms with Crippen LogP contribution in [0.1, 0.15) is 30.9 Å². The van der Waals surface area contributed by atoms with E-state index in [1.54, 1.807) is 6.08 Å². The molecule has 0 atom stereocenters. The molecule has 0 heterocycles. The molecular weight excluding hydrogens is 162 g/mol. The minimum Gasteiger partial charge on any atom is -0.211 e. The summed E-state index contributed by atoms with van der Waals surface area (Å²) in [6, 6.07) is 8.03. The highest BCUT2D eigenvalue weighted by atomic mass is 16.1.